The van der Waals surface area contributed by atoms with E-state index in [0.717, 1.165) is 19.6 Å². The molecule has 0 aliphatic carbocycles. The first kappa shape index (κ1) is 13.5. The molecule has 1 atom stereocenters. The number of hydrogen-bond donors (Lipinski definition) is 3. The molecule has 1 heterocycles. The van der Waals surface area contributed by atoms with Crippen molar-refractivity contribution in [2.75, 3.05) is 25.4 Å². The van der Waals surface area contributed by atoms with Crippen LogP contribution in [0, 0.1) is 0 Å². The summed E-state index contributed by atoms with van der Waals surface area (Å²) in [5.74, 6) is 0.153. The second kappa shape index (κ2) is 6.24. The summed E-state index contributed by atoms with van der Waals surface area (Å²) in [5.41, 5.74) is 5.84. The first-order valence-corrected chi connectivity index (χ1v) is 5.90. The summed E-state index contributed by atoms with van der Waals surface area (Å²) in [6.45, 7) is 8.99. The SMILES string of the molecule is CCN(CC)CC(C)NC(=O)c1cc(N)n[nH]1. The van der Waals surface area contributed by atoms with Gasteiger partial charge in [-0.3, -0.25) is 9.89 Å². The fourth-order valence-corrected chi connectivity index (χ4v) is 1.67. The Kier molecular flexibility index (Phi) is 4.96. The number of H-pyrrole nitrogens is 1. The third kappa shape index (κ3) is 4.07. The number of nitrogens with two attached hydrogens (primary N) is 1. The van der Waals surface area contributed by atoms with Gasteiger partial charge in [-0.15, -0.1) is 0 Å². The molecule has 0 aliphatic heterocycles. The predicted octanol–water partition coefficient (Wildman–Crippen LogP) is 0.452. The van der Waals surface area contributed by atoms with Crippen molar-refractivity contribution in [1.29, 1.82) is 0 Å². The van der Waals surface area contributed by atoms with Crippen molar-refractivity contribution in [3.8, 4) is 0 Å². The van der Waals surface area contributed by atoms with E-state index in [-0.39, 0.29) is 11.9 Å². The van der Waals surface area contributed by atoms with Crippen LogP contribution >= 0.6 is 0 Å². The number of rotatable bonds is 6. The Morgan fingerprint density at radius 1 is 1.59 bits per heavy atom. The average Bonchev–Trinajstić information content (AvgIpc) is 2.72. The van der Waals surface area contributed by atoms with Crippen molar-refractivity contribution in [3.05, 3.63) is 11.8 Å². The van der Waals surface area contributed by atoms with E-state index in [4.69, 9.17) is 5.73 Å². The van der Waals surface area contributed by atoms with Crippen LogP contribution in [-0.4, -0.2) is 46.7 Å². The van der Waals surface area contributed by atoms with Crippen molar-refractivity contribution < 1.29 is 4.79 Å². The number of aromatic amines is 1. The second-order valence-electron chi connectivity index (χ2n) is 4.07. The van der Waals surface area contributed by atoms with Crippen LogP contribution < -0.4 is 11.1 Å². The van der Waals surface area contributed by atoms with E-state index >= 15 is 0 Å². The number of carbonyl (C=O) groups excluding carboxylic acids is 1. The number of likely N-dealkylation sites (N-methyl/N-ethyl adjacent to an activating group) is 1. The van der Waals surface area contributed by atoms with Crippen LogP contribution in [0.25, 0.3) is 0 Å². The highest BCUT2D eigenvalue weighted by Crippen LogP contribution is 2.01. The molecule has 1 aromatic rings. The molecule has 1 rings (SSSR count). The lowest BCUT2D eigenvalue weighted by Crippen LogP contribution is -2.42. The number of nitrogen functional groups attached to an aromatic ring is 1. The van der Waals surface area contributed by atoms with Crippen LogP contribution in [0.5, 0.6) is 0 Å². The Morgan fingerprint density at radius 3 is 2.71 bits per heavy atom. The molecule has 96 valence electrons. The minimum absolute atomic E-state index is 0.0897. The van der Waals surface area contributed by atoms with Gasteiger partial charge in [0.2, 0.25) is 0 Å². The zero-order valence-corrected chi connectivity index (χ0v) is 10.7. The fourth-order valence-electron chi connectivity index (χ4n) is 1.67. The quantitative estimate of drug-likeness (QED) is 0.672. The molecular formula is C11H21N5O. The van der Waals surface area contributed by atoms with Crippen molar-refractivity contribution in [2.24, 2.45) is 0 Å². The lowest BCUT2D eigenvalue weighted by molar-refractivity contribution is 0.0925. The lowest BCUT2D eigenvalue weighted by Gasteiger charge is -2.23. The fraction of sp³-hybridized carbons (Fsp3) is 0.636. The summed E-state index contributed by atoms with van der Waals surface area (Å²) in [4.78, 5) is 14.0. The van der Waals surface area contributed by atoms with Crippen molar-refractivity contribution in [2.45, 2.75) is 26.8 Å². The third-order valence-corrected chi connectivity index (χ3v) is 2.65. The van der Waals surface area contributed by atoms with Gasteiger partial charge in [0.15, 0.2) is 0 Å². The Labute approximate surface area is 102 Å². The van der Waals surface area contributed by atoms with Gasteiger partial charge in [0.05, 0.1) is 0 Å². The molecule has 0 aliphatic rings. The standard InChI is InChI=1S/C11H21N5O/c1-4-16(5-2)7-8(3)13-11(17)9-6-10(12)15-14-9/h6,8H,4-5,7H2,1-3H3,(H,13,17)(H3,12,14,15). The maximum Gasteiger partial charge on any atom is 0.269 e. The Balaban J connectivity index is 2.45. The van der Waals surface area contributed by atoms with Crippen LogP contribution in [-0.2, 0) is 0 Å². The summed E-state index contributed by atoms with van der Waals surface area (Å²) in [6, 6.07) is 1.62. The van der Waals surface area contributed by atoms with Gasteiger partial charge in [0.25, 0.3) is 5.91 Å². The molecule has 0 bridgehead atoms. The van der Waals surface area contributed by atoms with E-state index in [2.05, 4.69) is 34.3 Å². The first-order valence-electron chi connectivity index (χ1n) is 5.90. The lowest BCUT2D eigenvalue weighted by atomic mass is 10.3. The van der Waals surface area contributed by atoms with Crippen molar-refractivity contribution >= 4 is 11.7 Å². The first-order chi connectivity index (χ1) is 8.06. The van der Waals surface area contributed by atoms with E-state index in [0.29, 0.717) is 11.5 Å². The van der Waals surface area contributed by atoms with E-state index in [1.807, 2.05) is 6.92 Å². The molecule has 6 nitrogen and oxygen atoms in total. The van der Waals surface area contributed by atoms with Gasteiger partial charge in [0.1, 0.15) is 11.5 Å². The van der Waals surface area contributed by atoms with Crippen molar-refractivity contribution in [1.82, 2.24) is 20.4 Å². The summed E-state index contributed by atoms with van der Waals surface area (Å²) >= 11 is 0. The van der Waals surface area contributed by atoms with E-state index in [9.17, 15) is 4.79 Å². The molecular weight excluding hydrogens is 218 g/mol. The zero-order valence-electron chi connectivity index (χ0n) is 10.7. The number of amides is 1. The smallest absolute Gasteiger partial charge is 0.269 e. The molecule has 4 N–H and O–H groups in total. The summed E-state index contributed by atoms with van der Waals surface area (Å²) < 4.78 is 0. The van der Waals surface area contributed by atoms with Crippen LogP contribution in [0.2, 0.25) is 0 Å². The van der Waals surface area contributed by atoms with Gasteiger partial charge in [0, 0.05) is 18.7 Å². The van der Waals surface area contributed by atoms with Crippen LogP contribution in [0.3, 0.4) is 0 Å². The number of nitrogens with zero attached hydrogens (tertiary/aromatic N) is 2. The minimum Gasteiger partial charge on any atom is -0.382 e. The largest absolute Gasteiger partial charge is 0.382 e. The average molecular weight is 239 g/mol. The number of aromatic nitrogens is 2. The Morgan fingerprint density at radius 2 is 2.24 bits per heavy atom. The van der Waals surface area contributed by atoms with E-state index in [1.165, 1.54) is 6.07 Å². The highest BCUT2D eigenvalue weighted by atomic mass is 16.2. The molecule has 0 saturated heterocycles. The highest BCUT2D eigenvalue weighted by Gasteiger charge is 2.13. The van der Waals surface area contributed by atoms with Crippen molar-refractivity contribution in [3.63, 3.8) is 0 Å². The second-order valence-corrected chi connectivity index (χ2v) is 4.07. The molecule has 1 aromatic heterocycles. The molecule has 1 unspecified atom stereocenters. The maximum atomic E-state index is 11.8. The summed E-state index contributed by atoms with van der Waals surface area (Å²) in [5, 5.41) is 9.21. The van der Waals surface area contributed by atoms with Crippen LogP contribution in [0.15, 0.2) is 6.07 Å². The van der Waals surface area contributed by atoms with Gasteiger partial charge >= 0.3 is 0 Å². The molecule has 6 heteroatoms. The summed E-state index contributed by atoms with van der Waals surface area (Å²) in [6.07, 6.45) is 0. The van der Waals surface area contributed by atoms with Crippen LogP contribution in [0.1, 0.15) is 31.3 Å². The molecule has 0 spiro atoms. The summed E-state index contributed by atoms with van der Waals surface area (Å²) in [7, 11) is 0. The predicted molar refractivity (Wildman–Crippen MR) is 67.7 cm³/mol. The van der Waals surface area contributed by atoms with E-state index < -0.39 is 0 Å². The Bertz CT molecular complexity index is 358. The molecule has 0 fully saturated rings. The molecule has 17 heavy (non-hydrogen) atoms. The van der Waals surface area contributed by atoms with E-state index in [1.54, 1.807) is 0 Å². The minimum atomic E-state index is -0.172. The Hall–Kier alpha value is -1.56. The maximum absolute atomic E-state index is 11.8. The van der Waals surface area contributed by atoms with Gasteiger partial charge in [-0.25, -0.2) is 0 Å². The highest BCUT2D eigenvalue weighted by molar-refractivity contribution is 5.93. The van der Waals surface area contributed by atoms with Gasteiger partial charge in [-0.2, -0.15) is 5.10 Å². The zero-order chi connectivity index (χ0) is 12.8. The normalized spacial score (nSPS) is 12.7. The number of anilines is 1. The molecule has 1 amide bonds. The molecule has 0 saturated carbocycles. The monoisotopic (exact) mass is 239 g/mol. The molecule has 0 radical (unpaired) electrons. The van der Waals surface area contributed by atoms with Gasteiger partial charge in [-0.1, -0.05) is 13.8 Å². The number of nitrogens with one attached hydrogen (secondary N) is 2. The number of hydrogen-bond acceptors (Lipinski definition) is 4. The third-order valence-electron chi connectivity index (χ3n) is 2.65. The number of carbonyl (C=O) groups is 1. The molecule has 0 aromatic carbocycles. The van der Waals surface area contributed by atoms with Crippen LogP contribution in [0.4, 0.5) is 5.82 Å². The van der Waals surface area contributed by atoms with Gasteiger partial charge < -0.3 is 16.0 Å². The van der Waals surface area contributed by atoms with Gasteiger partial charge in [-0.05, 0) is 20.0 Å². The topological polar surface area (TPSA) is 87.0 Å².